The summed E-state index contributed by atoms with van der Waals surface area (Å²) in [6.45, 7) is 4.51. The summed E-state index contributed by atoms with van der Waals surface area (Å²) in [7, 11) is 0. The van der Waals surface area contributed by atoms with E-state index < -0.39 is 5.97 Å². The van der Waals surface area contributed by atoms with Crippen molar-refractivity contribution >= 4 is 33.2 Å². The largest absolute Gasteiger partial charge is 0.461 e. The molecule has 0 aliphatic carbocycles. The van der Waals surface area contributed by atoms with Gasteiger partial charge in [-0.1, -0.05) is 5.21 Å². The highest BCUT2D eigenvalue weighted by atomic mass is 79.9. The van der Waals surface area contributed by atoms with Gasteiger partial charge in [0, 0.05) is 0 Å². The first-order valence-electron chi connectivity index (χ1n) is 5.42. The first-order valence-corrected chi connectivity index (χ1v) is 7.09. The van der Waals surface area contributed by atoms with E-state index in [1.165, 1.54) is 0 Å². The van der Waals surface area contributed by atoms with Crippen molar-refractivity contribution in [1.82, 2.24) is 15.0 Å². The van der Waals surface area contributed by atoms with Crippen molar-refractivity contribution < 1.29 is 9.53 Å². The van der Waals surface area contributed by atoms with Crippen LogP contribution in [0.2, 0.25) is 0 Å². The maximum absolute atomic E-state index is 11.6. The van der Waals surface area contributed by atoms with E-state index in [0.717, 1.165) is 15.0 Å². The zero-order valence-electron chi connectivity index (χ0n) is 10.0. The zero-order chi connectivity index (χ0) is 13.1. The summed E-state index contributed by atoms with van der Waals surface area (Å²) in [5, 5.41) is 9.88. The van der Waals surface area contributed by atoms with Gasteiger partial charge in [0.25, 0.3) is 0 Å². The fourth-order valence-corrected chi connectivity index (χ4v) is 2.70. The third-order valence-electron chi connectivity index (χ3n) is 2.41. The van der Waals surface area contributed by atoms with Crippen molar-refractivity contribution in [3.05, 3.63) is 32.2 Å². The number of rotatable bonds is 4. The first kappa shape index (κ1) is 13.2. The molecule has 0 spiro atoms. The SMILES string of the molecule is CCOC(=O)c1nnn(Cc2csc(Br)c2)c1C. The summed E-state index contributed by atoms with van der Waals surface area (Å²) in [5.41, 5.74) is 2.12. The highest BCUT2D eigenvalue weighted by Gasteiger charge is 2.17. The van der Waals surface area contributed by atoms with Crippen LogP contribution in [0.3, 0.4) is 0 Å². The van der Waals surface area contributed by atoms with Gasteiger partial charge in [-0.15, -0.1) is 16.4 Å². The number of thiophene rings is 1. The summed E-state index contributed by atoms with van der Waals surface area (Å²) in [6.07, 6.45) is 0. The van der Waals surface area contributed by atoms with Crippen LogP contribution in [0, 0.1) is 6.92 Å². The molecule has 2 rings (SSSR count). The van der Waals surface area contributed by atoms with Gasteiger partial charge in [-0.25, -0.2) is 9.48 Å². The van der Waals surface area contributed by atoms with Crippen molar-refractivity contribution in [3.63, 3.8) is 0 Å². The number of hydrogen-bond donors (Lipinski definition) is 0. The first-order chi connectivity index (χ1) is 8.61. The van der Waals surface area contributed by atoms with Crippen LogP contribution in [0.25, 0.3) is 0 Å². The lowest BCUT2D eigenvalue weighted by Gasteiger charge is -2.02. The van der Waals surface area contributed by atoms with Gasteiger partial charge in [0.15, 0.2) is 5.69 Å². The molecule has 0 amide bonds. The molecule has 18 heavy (non-hydrogen) atoms. The van der Waals surface area contributed by atoms with Gasteiger partial charge in [-0.05, 0) is 46.8 Å². The molecule has 0 N–H and O–H groups in total. The normalized spacial score (nSPS) is 10.6. The van der Waals surface area contributed by atoms with Crippen molar-refractivity contribution in [3.8, 4) is 0 Å². The van der Waals surface area contributed by atoms with Crippen molar-refractivity contribution in [1.29, 1.82) is 0 Å². The second-order valence-corrected chi connectivity index (χ2v) is 5.95. The smallest absolute Gasteiger partial charge is 0.360 e. The zero-order valence-corrected chi connectivity index (χ0v) is 12.4. The summed E-state index contributed by atoms with van der Waals surface area (Å²) in [4.78, 5) is 11.6. The van der Waals surface area contributed by atoms with E-state index in [1.54, 1.807) is 22.9 Å². The predicted octanol–water partition coefficient (Wildman–Crippen LogP) is 2.64. The molecule has 2 aromatic rings. The lowest BCUT2D eigenvalue weighted by atomic mass is 10.3. The molecule has 5 nitrogen and oxygen atoms in total. The lowest BCUT2D eigenvalue weighted by Crippen LogP contribution is -2.08. The Morgan fingerprint density at radius 1 is 1.61 bits per heavy atom. The Bertz CT molecular complexity index is 564. The number of esters is 1. The van der Waals surface area contributed by atoms with Crippen LogP contribution < -0.4 is 0 Å². The molecule has 0 saturated carbocycles. The topological polar surface area (TPSA) is 57.0 Å². The molecule has 0 aromatic carbocycles. The number of nitrogens with zero attached hydrogens (tertiary/aromatic N) is 3. The monoisotopic (exact) mass is 329 g/mol. The minimum Gasteiger partial charge on any atom is -0.461 e. The van der Waals surface area contributed by atoms with Crippen LogP contribution in [0.1, 0.15) is 28.7 Å². The minimum absolute atomic E-state index is 0.283. The van der Waals surface area contributed by atoms with Gasteiger partial charge in [-0.2, -0.15) is 0 Å². The van der Waals surface area contributed by atoms with Gasteiger partial charge in [0.05, 0.1) is 22.6 Å². The fourth-order valence-electron chi connectivity index (χ4n) is 1.50. The van der Waals surface area contributed by atoms with E-state index in [9.17, 15) is 4.79 Å². The molecule has 0 radical (unpaired) electrons. The third kappa shape index (κ3) is 2.78. The Labute approximate surface area is 117 Å². The summed E-state index contributed by atoms with van der Waals surface area (Å²) in [5.74, 6) is -0.423. The molecule has 0 unspecified atom stereocenters. The van der Waals surface area contributed by atoms with E-state index in [1.807, 2.05) is 18.4 Å². The number of aromatic nitrogens is 3. The average molecular weight is 330 g/mol. The number of carbonyl (C=O) groups excluding carboxylic acids is 1. The van der Waals surface area contributed by atoms with E-state index in [-0.39, 0.29) is 5.69 Å². The Kier molecular flexibility index (Phi) is 4.13. The van der Waals surface area contributed by atoms with Crippen molar-refractivity contribution in [2.75, 3.05) is 6.61 Å². The van der Waals surface area contributed by atoms with Crippen molar-refractivity contribution in [2.45, 2.75) is 20.4 Å². The lowest BCUT2D eigenvalue weighted by molar-refractivity contribution is 0.0518. The maximum Gasteiger partial charge on any atom is 0.360 e. The molecule has 0 atom stereocenters. The van der Waals surface area contributed by atoms with Gasteiger partial charge < -0.3 is 4.74 Å². The molecule has 96 valence electrons. The Hall–Kier alpha value is -1.21. The Morgan fingerprint density at radius 2 is 2.39 bits per heavy atom. The Morgan fingerprint density at radius 3 is 3.00 bits per heavy atom. The highest BCUT2D eigenvalue weighted by Crippen LogP contribution is 2.21. The molecule has 2 aromatic heterocycles. The minimum atomic E-state index is -0.423. The molecule has 2 heterocycles. The van der Waals surface area contributed by atoms with Crippen LogP contribution in [0.15, 0.2) is 15.2 Å². The molecule has 0 aliphatic heterocycles. The highest BCUT2D eigenvalue weighted by molar-refractivity contribution is 9.11. The molecule has 0 aliphatic rings. The van der Waals surface area contributed by atoms with Crippen LogP contribution in [0.5, 0.6) is 0 Å². The third-order valence-corrected chi connectivity index (χ3v) is 3.96. The summed E-state index contributed by atoms with van der Waals surface area (Å²) < 4.78 is 7.68. The van der Waals surface area contributed by atoms with Crippen LogP contribution in [-0.4, -0.2) is 27.6 Å². The molecule has 0 bridgehead atoms. The van der Waals surface area contributed by atoms with E-state index in [0.29, 0.717) is 13.2 Å². The number of ether oxygens (including phenoxy) is 1. The van der Waals surface area contributed by atoms with Crippen LogP contribution in [-0.2, 0) is 11.3 Å². The number of halogens is 1. The van der Waals surface area contributed by atoms with Gasteiger partial charge in [0.1, 0.15) is 0 Å². The van der Waals surface area contributed by atoms with Gasteiger partial charge in [0.2, 0.25) is 0 Å². The fraction of sp³-hybridized carbons (Fsp3) is 0.364. The van der Waals surface area contributed by atoms with Crippen LogP contribution >= 0.6 is 27.3 Å². The Balaban J connectivity index is 2.18. The second kappa shape index (κ2) is 5.62. The molecule has 7 heteroatoms. The predicted molar refractivity (Wildman–Crippen MR) is 71.8 cm³/mol. The maximum atomic E-state index is 11.6. The molecule has 0 saturated heterocycles. The van der Waals surface area contributed by atoms with E-state index in [2.05, 4.69) is 26.2 Å². The van der Waals surface area contributed by atoms with Crippen molar-refractivity contribution in [2.24, 2.45) is 0 Å². The molecule has 0 fully saturated rings. The quantitative estimate of drug-likeness (QED) is 0.809. The second-order valence-electron chi connectivity index (χ2n) is 3.66. The standard InChI is InChI=1S/C11H12BrN3O2S/c1-3-17-11(16)10-7(2)15(14-13-10)5-8-4-9(12)18-6-8/h4,6H,3,5H2,1-2H3. The number of hydrogen-bond acceptors (Lipinski definition) is 5. The molecular formula is C11H12BrN3O2S. The average Bonchev–Trinajstić information content (AvgIpc) is 2.88. The summed E-state index contributed by atoms with van der Waals surface area (Å²) >= 11 is 5.03. The molecular weight excluding hydrogens is 318 g/mol. The van der Waals surface area contributed by atoms with Crippen LogP contribution in [0.4, 0.5) is 0 Å². The summed E-state index contributed by atoms with van der Waals surface area (Å²) in [6, 6.07) is 2.02. The van der Waals surface area contributed by atoms with E-state index >= 15 is 0 Å². The number of carbonyl (C=O) groups is 1. The van der Waals surface area contributed by atoms with Gasteiger partial charge >= 0.3 is 5.97 Å². The van der Waals surface area contributed by atoms with E-state index in [4.69, 9.17) is 4.74 Å². The van der Waals surface area contributed by atoms with Gasteiger partial charge in [-0.3, -0.25) is 0 Å².